The number of para-hydroxylation sites is 2. The van der Waals surface area contributed by atoms with Crippen LogP contribution in [0.2, 0.25) is 0 Å². The normalized spacial score (nSPS) is 14.9. The van der Waals surface area contributed by atoms with Crippen molar-refractivity contribution in [3.05, 3.63) is 271 Å². The van der Waals surface area contributed by atoms with E-state index in [0.717, 1.165) is 23.5 Å². The van der Waals surface area contributed by atoms with Crippen LogP contribution in [0.1, 0.15) is 28.7 Å². The Morgan fingerprint density at radius 1 is 0.385 bits per heavy atom. The van der Waals surface area contributed by atoms with Crippen molar-refractivity contribution in [3.63, 3.8) is 0 Å². The Bertz CT molecular complexity index is 3480. The molecule has 0 amide bonds. The van der Waals surface area contributed by atoms with Gasteiger partial charge in [0.2, 0.25) is 0 Å². The molecule has 1 spiro atoms. The van der Waals surface area contributed by atoms with Crippen LogP contribution in [0.25, 0.3) is 54.9 Å². The first kappa shape index (κ1) is 37.4. The van der Waals surface area contributed by atoms with Crippen LogP contribution in [0, 0.1) is 0 Å². The Hall–Kier alpha value is -8.20. The summed E-state index contributed by atoms with van der Waals surface area (Å²) in [5.41, 5.74) is 18.0. The van der Waals surface area contributed by atoms with Gasteiger partial charge in [0.05, 0.1) is 17.1 Å². The topological polar surface area (TPSA) is 6.48 Å². The summed E-state index contributed by atoms with van der Waals surface area (Å²) in [6.07, 6.45) is 9.96. The molecule has 0 bridgehead atoms. The van der Waals surface area contributed by atoms with Gasteiger partial charge in [0, 0.05) is 28.3 Å². The minimum atomic E-state index is -0.530. The lowest BCUT2D eigenvalue weighted by molar-refractivity contribution is 0.779. The molecule has 0 N–H and O–H groups in total. The van der Waals surface area contributed by atoms with Crippen LogP contribution in [0.15, 0.2) is 249 Å². The van der Waals surface area contributed by atoms with E-state index in [0.29, 0.717) is 0 Å². The summed E-state index contributed by atoms with van der Waals surface area (Å²) in [6.45, 7) is 0. The van der Waals surface area contributed by atoms with Gasteiger partial charge >= 0.3 is 0 Å². The highest BCUT2D eigenvalue weighted by atomic mass is 15.2. The summed E-state index contributed by atoms with van der Waals surface area (Å²) in [4.78, 5) is 5.07. The quantitative estimate of drug-likeness (QED) is 0.148. The van der Waals surface area contributed by atoms with Gasteiger partial charge in [-0.25, -0.2) is 0 Å². The second-order valence-corrected chi connectivity index (χ2v) is 17.5. The third kappa shape index (κ3) is 5.67. The van der Waals surface area contributed by atoms with E-state index < -0.39 is 5.41 Å². The lowest BCUT2D eigenvalue weighted by atomic mass is 9.70. The molecule has 2 heteroatoms. The van der Waals surface area contributed by atoms with E-state index in [1.165, 1.54) is 88.6 Å². The second-order valence-electron chi connectivity index (χ2n) is 17.5. The molecule has 10 aromatic carbocycles. The first-order chi connectivity index (χ1) is 32.3. The smallest absolute Gasteiger partial charge is 0.0727 e. The number of fused-ring (bicyclic) bond motifs is 13. The van der Waals surface area contributed by atoms with Crippen LogP contribution in [-0.4, -0.2) is 6.04 Å². The van der Waals surface area contributed by atoms with Gasteiger partial charge in [-0.2, -0.15) is 0 Å². The zero-order valence-electron chi connectivity index (χ0n) is 35.9. The van der Waals surface area contributed by atoms with E-state index in [2.05, 4.69) is 259 Å². The van der Waals surface area contributed by atoms with Crippen LogP contribution < -0.4 is 9.80 Å². The molecule has 306 valence electrons. The molecule has 3 aliphatic rings. The molecular formula is C63H44N2. The molecule has 1 atom stereocenters. The van der Waals surface area contributed by atoms with Crippen LogP contribution in [0.5, 0.6) is 0 Å². The number of hydrogen-bond donors (Lipinski definition) is 0. The third-order valence-corrected chi connectivity index (χ3v) is 14.1. The van der Waals surface area contributed by atoms with Crippen molar-refractivity contribution in [3.8, 4) is 33.4 Å². The van der Waals surface area contributed by atoms with Gasteiger partial charge in [-0.3, -0.25) is 0 Å². The molecule has 1 unspecified atom stereocenters. The summed E-state index contributed by atoms with van der Waals surface area (Å²) in [5, 5.41) is 5.07. The largest absolute Gasteiger partial charge is 0.334 e. The SMILES string of the molecule is C1=CCC(N(c2ccccc2)c2cc(N(c3ccccc3)c3ccc(-c4cc5ccccc5c5ccccc45)cc3)cc3c2-c2ccccc2C32c3ccccc3-c3ccccc32)C=C1. The van der Waals surface area contributed by atoms with E-state index >= 15 is 0 Å². The molecule has 0 aromatic heterocycles. The monoisotopic (exact) mass is 828 g/mol. The van der Waals surface area contributed by atoms with Gasteiger partial charge in [0.1, 0.15) is 0 Å². The van der Waals surface area contributed by atoms with E-state index in [1.54, 1.807) is 0 Å². The van der Waals surface area contributed by atoms with Gasteiger partial charge in [-0.05, 0) is 133 Å². The summed E-state index contributed by atoms with van der Waals surface area (Å²) in [6, 6.07) is 83.6. The molecule has 0 aliphatic heterocycles. The van der Waals surface area contributed by atoms with Crippen molar-refractivity contribution in [2.45, 2.75) is 17.9 Å². The van der Waals surface area contributed by atoms with Crippen molar-refractivity contribution in [1.29, 1.82) is 0 Å². The van der Waals surface area contributed by atoms with E-state index in [1.807, 2.05) is 0 Å². The first-order valence-corrected chi connectivity index (χ1v) is 22.8. The molecule has 0 fully saturated rings. The molecule has 0 saturated carbocycles. The maximum atomic E-state index is 2.60. The average molecular weight is 829 g/mol. The predicted octanol–water partition coefficient (Wildman–Crippen LogP) is 16.5. The van der Waals surface area contributed by atoms with Crippen LogP contribution in [0.4, 0.5) is 28.4 Å². The highest BCUT2D eigenvalue weighted by molar-refractivity contribution is 6.14. The maximum Gasteiger partial charge on any atom is 0.0727 e. The zero-order chi connectivity index (χ0) is 42.9. The highest BCUT2D eigenvalue weighted by Gasteiger charge is 2.53. The van der Waals surface area contributed by atoms with Crippen molar-refractivity contribution in [1.82, 2.24) is 0 Å². The van der Waals surface area contributed by atoms with Crippen LogP contribution in [-0.2, 0) is 5.41 Å². The van der Waals surface area contributed by atoms with Gasteiger partial charge in [0.25, 0.3) is 0 Å². The van der Waals surface area contributed by atoms with Crippen molar-refractivity contribution >= 4 is 50.0 Å². The zero-order valence-corrected chi connectivity index (χ0v) is 35.9. The van der Waals surface area contributed by atoms with Crippen molar-refractivity contribution in [2.24, 2.45) is 0 Å². The number of nitrogens with zero attached hydrogens (tertiary/aromatic N) is 2. The second kappa shape index (κ2) is 15.0. The Kier molecular flexibility index (Phi) is 8.60. The number of anilines is 5. The number of allylic oxidation sites excluding steroid dienone is 2. The summed E-state index contributed by atoms with van der Waals surface area (Å²) >= 11 is 0. The molecule has 2 nitrogen and oxygen atoms in total. The van der Waals surface area contributed by atoms with Crippen molar-refractivity contribution in [2.75, 3.05) is 9.80 Å². The van der Waals surface area contributed by atoms with E-state index in [-0.39, 0.29) is 6.04 Å². The minimum absolute atomic E-state index is 0.106. The predicted molar refractivity (Wildman–Crippen MR) is 273 cm³/mol. The Morgan fingerprint density at radius 3 is 1.62 bits per heavy atom. The minimum Gasteiger partial charge on any atom is -0.334 e. The molecule has 10 aromatic rings. The third-order valence-electron chi connectivity index (χ3n) is 14.1. The van der Waals surface area contributed by atoms with E-state index in [9.17, 15) is 0 Å². The Morgan fingerprint density at radius 2 is 0.938 bits per heavy atom. The molecule has 0 saturated heterocycles. The number of hydrogen-bond acceptors (Lipinski definition) is 2. The molecular weight excluding hydrogens is 785 g/mol. The molecule has 0 radical (unpaired) electrons. The van der Waals surface area contributed by atoms with E-state index in [4.69, 9.17) is 0 Å². The Balaban J connectivity index is 1.09. The molecule has 0 heterocycles. The standard InChI is InChI=1S/C63H44N2/c1-4-21-45(22-5-1)64(48-38-36-43(37-39-48)56-40-44-20-10-11-27-50(44)51-28-12-13-29-52(51)56)49-41-60-62(61(42-49)65(46-23-6-2-7-24-46)47-25-8-3-9-26-47)55-32-16-19-35-59(55)63(60)57-33-17-14-30-53(57)54-31-15-18-34-58(54)63/h1-25,27-42,47H,26H2. The van der Waals surface area contributed by atoms with Crippen molar-refractivity contribution < 1.29 is 0 Å². The van der Waals surface area contributed by atoms with Crippen LogP contribution >= 0.6 is 0 Å². The fourth-order valence-corrected chi connectivity index (χ4v) is 11.5. The van der Waals surface area contributed by atoms with Gasteiger partial charge in [-0.15, -0.1) is 0 Å². The average Bonchev–Trinajstić information content (AvgIpc) is 3.85. The highest BCUT2D eigenvalue weighted by Crippen LogP contribution is 2.65. The lowest BCUT2D eigenvalue weighted by Crippen LogP contribution is -2.31. The number of benzene rings is 10. The fraction of sp³-hybridized carbons (Fsp3) is 0.0476. The number of rotatable bonds is 7. The summed E-state index contributed by atoms with van der Waals surface area (Å²) in [7, 11) is 0. The molecule has 65 heavy (non-hydrogen) atoms. The van der Waals surface area contributed by atoms with Gasteiger partial charge in [0.15, 0.2) is 0 Å². The summed E-state index contributed by atoms with van der Waals surface area (Å²) < 4.78 is 0. The van der Waals surface area contributed by atoms with Crippen LogP contribution in [0.3, 0.4) is 0 Å². The molecule has 3 aliphatic carbocycles. The first-order valence-electron chi connectivity index (χ1n) is 22.8. The fourth-order valence-electron chi connectivity index (χ4n) is 11.5. The lowest BCUT2D eigenvalue weighted by Gasteiger charge is -2.37. The molecule has 13 rings (SSSR count). The maximum absolute atomic E-state index is 2.60. The van der Waals surface area contributed by atoms with Gasteiger partial charge in [-0.1, -0.05) is 194 Å². The summed E-state index contributed by atoms with van der Waals surface area (Å²) in [5.74, 6) is 0. The van der Waals surface area contributed by atoms with Gasteiger partial charge < -0.3 is 9.80 Å². The Labute approximate surface area is 380 Å².